The molecule has 132 valence electrons. The topological polar surface area (TPSA) is 21.6 Å². The van der Waals surface area contributed by atoms with Crippen molar-refractivity contribution < 1.29 is 4.74 Å². The number of hydrogen-bond donors (Lipinski definition) is 0. The normalized spacial score (nSPS) is 11.1. The van der Waals surface area contributed by atoms with E-state index in [1.807, 2.05) is 61.5 Å². The second-order valence-electron chi connectivity index (χ2n) is 5.79. The molecule has 0 amide bonds. The average molecular weight is 405 g/mol. The summed E-state index contributed by atoms with van der Waals surface area (Å²) >= 11 is 18.1. The molecule has 0 aliphatic rings. The van der Waals surface area contributed by atoms with Crippen LogP contribution in [0.25, 0.3) is 0 Å². The van der Waals surface area contributed by atoms with Crippen molar-refractivity contribution in [3.8, 4) is 5.75 Å². The molecule has 0 saturated heterocycles. The molecule has 3 rings (SSSR count). The lowest BCUT2D eigenvalue weighted by Crippen LogP contribution is -1.98. The zero-order chi connectivity index (χ0) is 18.5. The Kier molecular flexibility index (Phi) is 6.20. The number of ether oxygens (including phenoxy) is 1. The van der Waals surface area contributed by atoms with E-state index in [0.29, 0.717) is 27.4 Å². The van der Waals surface area contributed by atoms with E-state index in [1.165, 1.54) is 0 Å². The van der Waals surface area contributed by atoms with Crippen LogP contribution in [0.2, 0.25) is 15.1 Å². The Morgan fingerprint density at radius 1 is 0.846 bits per heavy atom. The van der Waals surface area contributed by atoms with Crippen LogP contribution in [-0.4, -0.2) is 6.21 Å². The molecule has 0 atom stereocenters. The molecule has 3 aromatic carbocycles. The SMILES string of the molecule is Cc1ccc(Cl)cc1N=Cc1cc(Cl)ccc1OCc1ccc(Cl)cc1. The highest BCUT2D eigenvalue weighted by atomic mass is 35.5. The van der Waals surface area contributed by atoms with Crippen molar-refractivity contribution in [2.45, 2.75) is 13.5 Å². The van der Waals surface area contributed by atoms with Crippen LogP contribution in [-0.2, 0) is 6.61 Å². The molecule has 3 aromatic rings. The Labute approximate surface area is 168 Å². The first kappa shape index (κ1) is 18.8. The van der Waals surface area contributed by atoms with E-state index in [9.17, 15) is 0 Å². The van der Waals surface area contributed by atoms with Crippen molar-refractivity contribution in [3.63, 3.8) is 0 Å². The molecule has 0 fully saturated rings. The summed E-state index contributed by atoms with van der Waals surface area (Å²) in [5, 5.41) is 1.96. The standard InChI is InChI=1S/C21H16Cl3NO/c1-14-2-5-19(24)11-20(14)25-12-16-10-18(23)8-9-21(16)26-13-15-3-6-17(22)7-4-15/h2-12H,13H2,1H3. The van der Waals surface area contributed by atoms with E-state index in [2.05, 4.69) is 4.99 Å². The highest BCUT2D eigenvalue weighted by Gasteiger charge is 2.05. The number of nitrogens with zero attached hydrogens (tertiary/aromatic N) is 1. The highest BCUT2D eigenvalue weighted by molar-refractivity contribution is 6.31. The first-order chi connectivity index (χ1) is 12.5. The fraction of sp³-hybridized carbons (Fsp3) is 0.0952. The van der Waals surface area contributed by atoms with Crippen LogP contribution in [0, 0.1) is 6.92 Å². The number of hydrogen-bond acceptors (Lipinski definition) is 2. The van der Waals surface area contributed by atoms with Crippen molar-refractivity contribution in [2.75, 3.05) is 0 Å². The number of halogens is 3. The average Bonchev–Trinajstić information content (AvgIpc) is 2.63. The first-order valence-corrected chi connectivity index (χ1v) is 9.12. The van der Waals surface area contributed by atoms with Gasteiger partial charge in [-0.05, 0) is 60.5 Å². The summed E-state index contributed by atoms with van der Waals surface area (Å²) in [6, 6.07) is 18.6. The van der Waals surface area contributed by atoms with E-state index < -0.39 is 0 Å². The summed E-state index contributed by atoms with van der Waals surface area (Å²) in [5.41, 5.74) is 3.67. The largest absolute Gasteiger partial charge is 0.488 e. The molecular weight excluding hydrogens is 389 g/mol. The van der Waals surface area contributed by atoms with Gasteiger partial charge in [0.25, 0.3) is 0 Å². The fourth-order valence-electron chi connectivity index (χ4n) is 2.35. The maximum Gasteiger partial charge on any atom is 0.128 e. The minimum atomic E-state index is 0.426. The van der Waals surface area contributed by atoms with Gasteiger partial charge in [0.1, 0.15) is 12.4 Å². The predicted octanol–water partition coefficient (Wildman–Crippen LogP) is 7.28. The van der Waals surface area contributed by atoms with Gasteiger partial charge >= 0.3 is 0 Å². The molecule has 0 aliphatic heterocycles. The second-order valence-corrected chi connectivity index (χ2v) is 7.10. The van der Waals surface area contributed by atoms with Gasteiger partial charge in [-0.25, -0.2) is 0 Å². The summed E-state index contributed by atoms with van der Waals surface area (Å²) in [6.07, 6.45) is 1.74. The maximum absolute atomic E-state index is 6.14. The van der Waals surface area contributed by atoms with Gasteiger partial charge in [0.05, 0.1) is 5.69 Å². The minimum Gasteiger partial charge on any atom is -0.488 e. The third-order valence-corrected chi connectivity index (χ3v) is 4.52. The quantitative estimate of drug-likeness (QED) is 0.409. The van der Waals surface area contributed by atoms with Gasteiger partial charge in [0, 0.05) is 26.8 Å². The fourth-order valence-corrected chi connectivity index (χ4v) is 2.83. The Bertz CT molecular complexity index is 936. The molecule has 0 radical (unpaired) electrons. The molecule has 0 aliphatic carbocycles. The zero-order valence-electron chi connectivity index (χ0n) is 14.0. The number of benzene rings is 3. The lowest BCUT2D eigenvalue weighted by atomic mass is 10.2. The molecule has 0 bridgehead atoms. The Morgan fingerprint density at radius 3 is 2.27 bits per heavy atom. The molecule has 0 saturated carbocycles. The van der Waals surface area contributed by atoms with Gasteiger partial charge in [-0.1, -0.05) is 53.0 Å². The van der Waals surface area contributed by atoms with Crippen LogP contribution < -0.4 is 4.74 Å². The van der Waals surface area contributed by atoms with Crippen molar-refractivity contribution in [1.82, 2.24) is 0 Å². The lowest BCUT2D eigenvalue weighted by molar-refractivity contribution is 0.306. The van der Waals surface area contributed by atoms with Gasteiger partial charge in [0.15, 0.2) is 0 Å². The van der Waals surface area contributed by atoms with Crippen molar-refractivity contribution >= 4 is 46.7 Å². The number of aryl methyl sites for hydroxylation is 1. The summed E-state index contributed by atoms with van der Waals surface area (Å²) in [6.45, 7) is 2.41. The highest BCUT2D eigenvalue weighted by Crippen LogP contribution is 2.26. The minimum absolute atomic E-state index is 0.426. The van der Waals surface area contributed by atoms with Gasteiger partial charge in [-0.15, -0.1) is 0 Å². The summed E-state index contributed by atoms with van der Waals surface area (Å²) in [7, 11) is 0. The Morgan fingerprint density at radius 2 is 1.50 bits per heavy atom. The lowest BCUT2D eigenvalue weighted by Gasteiger charge is -2.10. The number of aliphatic imine (C=N–C) groups is 1. The number of rotatable bonds is 5. The van der Waals surface area contributed by atoms with Crippen LogP contribution in [0.15, 0.2) is 65.7 Å². The predicted molar refractivity (Wildman–Crippen MR) is 111 cm³/mol. The van der Waals surface area contributed by atoms with E-state index in [1.54, 1.807) is 12.3 Å². The molecule has 0 aromatic heterocycles. The van der Waals surface area contributed by atoms with Crippen LogP contribution in [0.4, 0.5) is 5.69 Å². The van der Waals surface area contributed by atoms with Gasteiger partial charge in [-0.3, -0.25) is 4.99 Å². The van der Waals surface area contributed by atoms with Crippen LogP contribution >= 0.6 is 34.8 Å². The molecule has 2 nitrogen and oxygen atoms in total. The third-order valence-electron chi connectivity index (χ3n) is 3.79. The zero-order valence-corrected chi connectivity index (χ0v) is 16.3. The molecule has 0 unspecified atom stereocenters. The van der Waals surface area contributed by atoms with E-state index in [0.717, 1.165) is 22.4 Å². The molecule has 0 spiro atoms. The van der Waals surface area contributed by atoms with Crippen LogP contribution in [0.1, 0.15) is 16.7 Å². The third kappa shape index (κ3) is 5.01. The van der Waals surface area contributed by atoms with Gasteiger partial charge in [0.2, 0.25) is 0 Å². The van der Waals surface area contributed by atoms with E-state index in [4.69, 9.17) is 39.5 Å². The monoisotopic (exact) mass is 403 g/mol. The Hall–Kier alpha value is -2.00. The summed E-state index contributed by atoms with van der Waals surface area (Å²) in [4.78, 5) is 4.54. The molecule has 5 heteroatoms. The van der Waals surface area contributed by atoms with Gasteiger partial charge < -0.3 is 4.74 Å². The maximum atomic E-state index is 6.14. The molecule has 26 heavy (non-hydrogen) atoms. The van der Waals surface area contributed by atoms with Crippen LogP contribution in [0.3, 0.4) is 0 Å². The molecular formula is C21H16Cl3NO. The Balaban J connectivity index is 1.82. The van der Waals surface area contributed by atoms with Gasteiger partial charge in [-0.2, -0.15) is 0 Å². The molecule has 0 heterocycles. The summed E-state index contributed by atoms with van der Waals surface area (Å²) in [5.74, 6) is 0.702. The van der Waals surface area contributed by atoms with Crippen molar-refractivity contribution in [1.29, 1.82) is 0 Å². The second kappa shape index (κ2) is 8.59. The van der Waals surface area contributed by atoms with E-state index in [-0.39, 0.29) is 0 Å². The summed E-state index contributed by atoms with van der Waals surface area (Å²) < 4.78 is 5.94. The first-order valence-electron chi connectivity index (χ1n) is 7.98. The van der Waals surface area contributed by atoms with Crippen LogP contribution in [0.5, 0.6) is 5.75 Å². The molecule has 0 N–H and O–H groups in total. The van der Waals surface area contributed by atoms with Crippen molar-refractivity contribution in [3.05, 3.63) is 92.4 Å². The van der Waals surface area contributed by atoms with Crippen molar-refractivity contribution in [2.24, 2.45) is 4.99 Å². The van der Waals surface area contributed by atoms with E-state index >= 15 is 0 Å². The smallest absolute Gasteiger partial charge is 0.128 e.